The number of carbonyl (C=O) groups excluding carboxylic acids is 1. The van der Waals surface area contributed by atoms with Gasteiger partial charge >= 0.3 is 0 Å². The van der Waals surface area contributed by atoms with Gasteiger partial charge in [0.1, 0.15) is 0 Å². The van der Waals surface area contributed by atoms with E-state index in [4.69, 9.17) is 17.3 Å². The third-order valence-electron chi connectivity index (χ3n) is 2.66. The van der Waals surface area contributed by atoms with Crippen LogP contribution in [0.25, 0.3) is 0 Å². The molecule has 0 saturated heterocycles. The lowest BCUT2D eigenvalue weighted by Crippen LogP contribution is -2.45. The van der Waals surface area contributed by atoms with Crippen LogP contribution in [-0.4, -0.2) is 11.9 Å². The van der Waals surface area contributed by atoms with Crippen LogP contribution in [0.1, 0.15) is 26.3 Å². The van der Waals surface area contributed by atoms with Crippen molar-refractivity contribution in [2.45, 2.75) is 33.7 Å². The van der Waals surface area contributed by atoms with Crippen LogP contribution in [0.3, 0.4) is 0 Å². The van der Waals surface area contributed by atoms with Gasteiger partial charge in [0.25, 0.3) is 0 Å². The minimum absolute atomic E-state index is 0.178. The third-order valence-corrected chi connectivity index (χ3v) is 2.90. The Kier molecular flexibility index (Phi) is 4.17. The second kappa shape index (κ2) is 5.07. The minimum Gasteiger partial charge on any atom is -0.324 e. The molecule has 0 spiro atoms. The summed E-state index contributed by atoms with van der Waals surface area (Å²) >= 11 is 5.85. The van der Waals surface area contributed by atoms with Crippen molar-refractivity contribution in [2.24, 2.45) is 11.1 Å². The molecule has 4 heteroatoms. The van der Waals surface area contributed by atoms with Gasteiger partial charge in [0.2, 0.25) is 5.91 Å². The van der Waals surface area contributed by atoms with E-state index < -0.39 is 6.04 Å². The summed E-state index contributed by atoms with van der Waals surface area (Å²) in [4.78, 5) is 11.9. The molecule has 1 aromatic carbocycles. The maximum Gasteiger partial charge on any atom is 0.241 e. The lowest BCUT2D eigenvalue weighted by atomic mass is 9.87. The zero-order chi connectivity index (χ0) is 13.2. The summed E-state index contributed by atoms with van der Waals surface area (Å²) in [7, 11) is 0. The molecule has 0 heterocycles. The number of anilines is 1. The monoisotopic (exact) mass is 254 g/mol. The molecule has 0 aliphatic carbocycles. The first kappa shape index (κ1) is 14.0. The average molecular weight is 255 g/mol. The van der Waals surface area contributed by atoms with Crippen molar-refractivity contribution in [3.8, 4) is 0 Å². The van der Waals surface area contributed by atoms with Crippen molar-refractivity contribution in [3.63, 3.8) is 0 Å². The highest BCUT2D eigenvalue weighted by Crippen LogP contribution is 2.22. The van der Waals surface area contributed by atoms with Crippen LogP contribution in [0.4, 0.5) is 5.69 Å². The van der Waals surface area contributed by atoms with E-state index in [-0.39, 0.29) is 11.3 Å². The fraction of sp³-hybridized carbons (Fsp3) is 0.462. The molecule has 0 aliphatic heterocycles. The predicted molar refractivity (Wildman–Crippen MR) is 72.2 cm³/mol. The van der Waals surface area contributed by atoms with Gasteiger partial charge in [-0.25, -0.2) is 0 Å². The van der Waals surface area contributed by atoms with E-state index in [1.807, 2.05) is 27.7 Å². The highest BCUT2D eigenvalue weighted by molar-refractivity contribution is 6.30. The number of carbonyl (C=O) groups is 1. The van der Waals surface area contributed by atoms with Gasteiger partial charge in [-0.2, -0.15) is 0 Å². The van der Waals surface area contributed by atoms with Crippen molar-refractivity contribution >= 4 is 23.2 Å². The summed E-state index contributed by atoms with van der Waals surface area (Å²) in [6, 6.07) is 4.79. The topological polar surface area (TPSA) is 55.1 Å². The lowest BCUT2D eigenvalue weighted by molar-refractivity contribution is -0.119. The molecule has 1 atom stereocenters. The first-order valence-electron chi connectivity index (χ1n) is 5.54. The Morgan fingerprint density at radius 1 is 1.41 bits per heavy atom. The van der Waals surface area contributed by atoms with E-state index in [1.165, 1.54) is 0 Å². The maximum atomic E-state index is 11.9. The number of rotatable bonds is 2. The van der Waals surface area contributed by atoms with Gasteiger partial charge in [0, 0.05) is 10.7 Å². The number of aryl methyl sites for hydroxylation is 1. The normalized spacial score (nSPS) is 13.3. The van der Waals surface area contributed by atoms with Crippen molar-refractivity contribution in [3.05, 3.63) is 28.8 Å². The second-order valence-electron chi connectivity index (χ2n) is 5.29. The zero-order valence-electron chi connectivity index (χ0n) is 10.7. The molecule has 0 bridgehead atoms. The fourth-order valence-corrected chi connectivity index (χ4v) is 1.60. The molecule has 1 rings (SSSR count). The second-order valence-corrected chi connectivity index (χ2v) is 5.73. The summed E-state index contributed by atoms with van der Waals surface area (Å²) in [5.41, 5.74) is 7.30. The number of nitrogens with two attached hydrogens (primary N) is 1. The number of amides is 1. The molecule has 1 aromatic rings. The van der Waals surface area contributed by atoms with Crippen LogP contribution in [0.5, 0.6) is 0 Å². The van der Waals surface area contributed by atoms with Crippen molar-refractivity contribution in [1.29, 1.82) is 0 Å². The molecule has 0 aromatic heterocycles. The smallest absolute Gasteiger partial charge is 0.241 e. The Hall–Kier alpha value is -1.06. The summed E-state index contributed by atoms with van der Waals surface area (Å²) in [5.74, 6) is -0.178. The quantitative estimate of drug-likeness (QED) is 0.853. The predicted octanol–water partition coefficient (Wildman–Crippen LogP) is 2.96. The number of hydrogen-bond donors (Lipinski definition) is 2. The summed E-state index contributed by atoms with van der Waals surface area (Å²) in [5, 5.41) is 3.47. The van der Waals surface area contributed by atoms with E-state index in [0.717, 1.165) is 11.3 Å². The molecule has 3 N–H and O–H groups in total. The number of nitrogens with one attached hydrogen (secondary N) is 1. The highest BCUT2D eigenvalue weighted by atomic mass is 35.5. The minimum atomic E-state index is -0.544. The molecule has 0 fully saturated rings. The standard InChI is InChI=1S/C13H19ClN2O/c1-8-7-9(14)5-6-10(8)16-12(17)11(15)13(2,3)4/h5-7,11H,15H2,1-4H3,(H,16,17)/t11-/m0/s1. The third kappa shape index (κ3) is 3.72. The lowest BCUT2D eigenvalue weighted by Gasteiger charge is -2.26. The Balaban J connectivity index is 2.82. The van der Waals surface area contributed by atoms with Gasteiger partial charge in [0.05, 0.1) is 6.04 Å². The Morgan fingerprint density at radius 2 is 2.00 bits per heavy atom. The Labute approximate surface area is 107 Å². The van der Waals surface area contributed by atoms with E-state index in [2.05, 4.69) is 5.32 Å². The SMILES string of the molecule is Cc1cc(Cl)ccc1NC(=O)[C@H](N)C(C)(C)C. The Bertz CT molecular complexity index is 424. The van der Waals surface area contributed by atoms with Crippen molar-refractivity contribution in [1.82, 2.24) is 0 Å². The number of benzene rings is 1. The number of hydrogen-bond acceptors (Lipinski definition) is 2. The largest absolute Gasteiger partial charge is 0.324 e. The Morgan fingerprint density at radius 3 is 2.47 bits per heavy atom. The van der Waals surface area contributed by atoms with Crippen LogP contribution >= 0.6 is 11.6 Å². The molecule has 94 valence electrons. The van der Waals surface area contributed by atoms with Gasteiger partial charge in [-0.15, -0.1) is 0 Å². The van der Waals surface area contributed by atoms with Gasteiger partial charge in [-0.1, -0.05) is 32.4 Å². The highest BCUT2D eigenvalue weighted by Gasteiger charge is 2.27. The van der Waals surface area contributed by atoms with Crippen LogP contribution in [0.2, 0.25) is 5.02 Å². The fourth-order valence-electron chi connectivity index (χ4n) is 1.37. The molecular formula is C13H19ClN2O. The summed E-state index contributed by atoms with van der Waals surface area (Å²) in [6.45, 7) is 7.70. The van der Waals surface area contributed by atoms with Gasteiger partial charge in [0.15, 0.2) is 0 Å². The van der Waals surface area contributed by atoms with Gasteiger partial charge in [-0.05, 0) is 36.1 Å². The van der Waals surface area contributed by atoms with Gasteiger partial charge < -0.3 is 11.1 Å². The summed E-state index contributed by atoms with van der Waals surface area (Å²) in [6.07, 6.45) is 0. The molecule has 0 radical (unpaired) electrons. The maximum absolute atomic E-state index is 11.9. The number of halogens is 1. The molecular weight excluding hydrogens is 236 g/mol. The van der Waals surface area contributed by atoms with Crippen LogP contribution in [0, 0.1) is 12.3 Å². The molecule has 3 nitrogen and oxygen atoms in total. The van der Waals surface area contributed by atoms with Crippen molar-refractivity contribution < 1.29 is 4.79 Å². The van der Waals surface area contributed by atoms with E-state index in [1.54, 1.807) is 18.2 Å². The molecule has 1 amide bonds. The molecule has 0 saturated carbocycles. The van der Waals surface area contributed by atoms with Crippen molar-refractivity contribution in [2.75, 3.05) is 5.32 Å². The summed E-state index contributed by atoms with van der Waals surface area (Å²) < 4.78 is 0. The first-order valence-corrected chi connectivity index (χ1v) is 5.92. The van der Waals surface area contributed by atoms with Crippen LogP contribution in [0.15, 0.2) is 18.2 Å². The van der Waals surface area contributed by atoms with Crippen LogP contribution in [-0.2, 0) is 4.79 Å². The molecule has 17 heavy (non-hydrogen) atoms. The van der Waals surface area contributed by atoms with Gasteiger partial charge in [-0.3, -0.25) is 4.79 Å². The first-order chi connectivity index (χ1) is 7.71. The van der Waals surface area contributed by atoms with E-state index >= 15 is 0 Å². The average Bonchev–Trinajstić information content (AvgIpc) is 2.19. The molecule has 0 unspecified atom stereocenters. The van der Waals surface area contributed by atoms with Crippen LogP contribution < -0.4 is 11.1 Å². The van der Waals surface area contributed by atoms with E-state index in [9.17, 15) is 4.79 Å². The van der Waals surface area contributed by atoms with E-state index in [0.29, 0.717) is 5.02 Å². The molecule has 0 aliphatic rings. The zero-order valence-corrected chi connectivity index (χ0v) is 11.4.